The van der Waals surface area contributed by atoms with Gasteiger partial charge < -0.3 is 9.32 Å². The first-order valence-corrected chi connectivity index (χ1v) is 9.30. The van der Waals surface area contributed by atoms with E-state index in [0.717, 1.165) is 5.56 Å². The largest absolute Gasteiger partial charge is 0.416 e. The summed E-state index contributed by atoms with van der Waals surface area (Å²) in [7, 11) is 0. The van der Waals surface area contributed by atoms with Crippen molar-refractivity contribution in [2.24, 2.45) is 0 Å². The molecule has 0 fully saturated rings. The van der Waals surface area contributed by atoms with Crippen molar-refractivity contribution in [3.8, 4) is 11.1 Å². The van der Waals surface area contributed by atoms with Gasteiger partial charge in [0.15, 0.2) is 0 Å². The maximum atomic E-state index is 13.6. The fourth-order valence-electron chi connectivity index (χ4n) is 3.41. The van der Waals surface area contributed by atoms with Crippen LogP contribution in [0.25, 0.3) is 21.9 Å². The average Bonchev–Trinajstić information content (AvgIpc) is 2.78. The number of hydrogen-bond acceptors (Lipinski definition) is 3. The molecule has 1 heterocycles. The number of nitrogens with zero attached hydrogens (tertiary/aromatic N) is 1. The molecular formula is C25H19NO3. The van der Waals surface area contributed by atoms with E-state index in [1.807, 2.05) is 72.8 Å². The quantitative estimate of drug-likeness (QED) is 0.441. The van der Waals surface area contributed by atoms with E-state index in [1.165, 1.54) is 0 Å². The molecule has 4 aromatic rings. The SMILES string of the molecule is C=CCN(C(=O)c1oc(=O)c2ccccc2c1-c1ccccc1)c1ccccc1. The Bertz CT molecular complexity index is 1230. The zero-order chi connectivity index (χ0) is 20.2. The van der Waals surface area contributed by atoms with Crippen LogP contribution in [-0.4, -0.2) is 12.5 Å². The van der Waals surface area contributed by atoms with Crippen LogP contribution < -0.4 is 10.5 Å². The molecule has 1 amide bonds. The lowest BCUT2D eigenvalue weighted by molar-refractivity contribution is 0.0960. The normalized spacial score (nSPS) is 10.6. The third-order valence-electron chi connectivity index (χ3n) is 4.72. The van der Waals surface area contributed by atoms with E-state index < -0.39 is 11.5 Å². The van der Waals surface area contributed by atoms with Crippen LogP contribution in [-0.2, 0) is 0 Å². The average molecular weight is 381 g/mol. The topological polar surface area (TPSA) is 50.5 Å². The second-order valence-corrected chi connectivity index (χ2v) is 6.55. The number of amides is 1. The van der Waals surface area contributed by atoms with Crippen molar-refractivity contribution in [2.45, 2.75) is 0 Å². The Balaban J connectivity index is 1.99. The third-order valence-corrected chi connectivity index (χ3v) is 4.72. The summed E-state index contributed by atoms with van der Waals surface area (Å²) >= 11 is 0. The van der Waals surface area contributed by atoms with Crippen LogP contribution in [0.5, 0.6) is 0 Å². The first kappa shape index (κ1) is 18.4. The molecule has 0 aliphatic rings. The van der Waals surface area contributed by atoms with Crippen molar-refractivity contribution in [2.75, 3.05) is 11.4 Å². The molecule has 4 rings (SSSR count). The second-order valence-electron chi connectivity index (χ2n) is 6.55. The van der Waals surface area contributed by atoms with Crippen molar-refractivity contribution in [1.29, 1.82) is 0 Å². The Morgan fingerprint density at radius 2 is 1.45 bits per heavy atom. The molecule has 0 saturated carbocycles. The molecule has 0 saturated heterocycles. The summed E-state index contributed by atoms with van der Waals surface area (Å²) in [6, 6.07) is 25.9. The number of para-hydroxylation sites is 1. The smallest absolute Gasteiger partial charge is 0.344 e. The van der Waals surface area contributed by atoms with Gasteiger partial charge in [-0.15, -0.1) is 6.58 Å². The van der Waals surface area contributed by atoms with Gasteiger partial charge in [0.1, 0.15) is 0 Å². The molecule has 0 spiro atoms. The van der Waals surface area contributed by atoms with E-state index in [-0.39, 0.29) is 12.3 Å². The van der Waals surface area contributed by atoms with Crippen LogP contribution in [0.1, 0.15) is 10.6 Å². The molecule has 0 N–H and O–H groups in total. The summed E-state index contributed by atoms with van der Waals surface area (Å²) in [4.78, 5) is 27.8. The third kappa shape index (κ3) is 3.48. The lowest BCUT2D eigenvalue weighted by Crippen LogP contribution is -2.32. The zero-order valence-electron chi connectivity index (χ0n) is 15.7. The molecule has 0 unspecified atom stereocenters. The summed E-state index contributed by atoms with van der Waals surface area (Å²) in [5.74, 6) is -0.372. The molecule has 0 atom stereocenters. The number of fused-ring (bicyclic) bond motifs is 1. The van der Waals surface area contributed by atoms with Gasteiger partial charge in [0, 0.05) is 23.2 Å². The molecule has 4 nitrogen and oxygen atoms in total. The Kier molecular flexibility index (Phi) is 5.08. The van der Waals surface area contributed by atoms with Gasteiger partial charge >= 0.3 is 5.63 Å². The Hall–Kier alpha value is -3.92. The molecule has 0 aliphatic heterocycles. The number of anilines is 1. The molecule has 4 heteroatoms. The Morgan fingerprint density at radius 3 is 2.10 bits per heavy atom. The van der Waals surface area contributed by atoms with Crippen molar-refractivity contribution in [3.63, 3.8) is 0 Å². The van der Waals surface area contributed by atoms with E-state index in [1.54, 1.807) is 23.1 Å². The highest BCUT2D eigenvalue weighted by Crippen LogP contribution is 2.32. The van der Waals surface area contributed by atoms with Gasteiger partial charge in [0.25, 0.3) is 5.91 Å². The van der Waals surface area contributed by atoms with Crippen LogP contribution in [0.3, 0.4) is 0 Å². The highest BCUT2D eigenvalue weighted by molar-refractivity contribution is 6.13. The molecule has 0 bridgehead atoms. The number of hydrogen-bond donors (Lipinski definition) is 0. The van der Waals surface area contributed by atoms with Crippen LogP contribution >= 0.6 is 0 Å². The fourth-order valence-corrected chi connectivity index (χ4v) is 3.41. The molecule has 3 aromatic carbocycles. The maximum Gasteiger partial charge on any atom is 0.344 e. The predicted octanol–water partition coefficient (Wildman–Crippen LogP) is 5.29. The Morgan fingerprint density at radius 1 is 0.862 bits per heavy atom. The van der Waals surface area contributed by atoms with Gasteiger partial charge in [-0.3, -0.25) is 4.79 Å². The van der Waals surface area contributed by atoms with E-state index in [0.29, 0.717) is 22.0 Å². The highest BCUT2D eigenvalue weighted by Gasteiger charge is 2.26. The number of benzene rings is 3. The number of carbonyl (C=O) groups excluding carboxylic acids is 1. The molecule has 0 aliphatic carbocycles. The summed E-state index contributed by atoms with van der Waals surface area (Å²) in [5, 5.41) is 1.13. The van der Waals surface area contributed by atoms with Crippen molar-refractivity contribution < 1.29 is 9.21 Å². The van der Waals surface area contributed by atoms with Gasteiger partial charge in [0.05, 0.1) is 5.39 Å². The molecule has 1 aromatic heterocycles. The van der Waals surface area contributed by atoms with Gasteiger partial charge in [-0.05, 0) is 23.8 Å². The summed E-state index contributed by atoms with van der Waals surface area (Å²) < 4.78 is 5.61. The van der Waals surface area contributed by atoms with Crippen molar-refractivity contribution in [3.05, 3.63) is 114 Å². The minimum atomic E-state index is -0.532. The minimum Gasteiger partial charge on any atom is -0.416 e. The molecule has 142 valence electrons. The number of carbonyl (C=O) groups is 1. The molecular weight excluding hydrogens is 362 g/mol. The van der Waals surface area contributed by atoms with Gasteiger partial charge in [-0.2, -0.15) is 0 Å². The van der Waals surface area contributed by atoms with Gasteiger partial charge in [-0.1, -0.05) is 72.8 Å². The second kappa shape index (κ2) is 7.98. The first-order valence-electron chi connectivity index (χ1n) is 9.30. The van der Waals surface area contributed by atoms with Crippen LogP contribution in [0.15, 0.2) is 107 Å². The monoisotopic (exact) mass is 381 g/mol. The van der Waals surface area contributed by atoms with Crippen LogP contribution in [0.4, 0.5) is 5.69 Å². The standard InChI is InChI=1S/C25H19NO3/c1-2-17-26(19-13-7-4-8-14-19)24(27)23-22(18-11-5-3-6-12-18)20-15-9-10-16-21(20)25(28)29-23/h2-16H,1,17H2. The lowest BCUT2D eigenvalue weighted by Gasteiger charge is -2.22. The Labute approximate surface area is 168 Å². The summed E-state index contributed by atoms with van der Waals surface area (Å²) in [6.45, 7) is 4.05. The van der Waals surface area contributed by atoms with Crippen LogP contribution in [0.2, 0.25) is 0 Å². The summed E-state index contributed by atoms with van der Waals surface area (Å²) in [5.41, 5.74) is 1.58. The van der Waals surface area contributed by atoms with Crippen molar-refractivity contribution in [1.82, 2.24) is 0 Å². The minimum absolute atomic E-state index is 0.0191. The molecule has 29 heavy (non-hydrogen) atoms. The van der Waals surface area contributed by atoms with E-state index in [2.05, 4.69) is 6.58 Å². The fraction of sp³-hybridized carbons (Fsp3) is 0.0400. The van der Waals surface area contributed by atoms with E-state index in [4.69, 9.17) is 4.42 Å². The summed E-state index contributed by atoms with van der Waals surface area (Å²) in [6.07, 6.45) is 1.65. The van der Waals surface area contributed by atoms with E-state index >= 15 is 0 Å². The first-order chi connectivity index (χ1) is 14.2. The molecule has 0 radical (unpaired) electrons. The number of rotatable bonds is 5. The predicted molar refractivity (Wildman–Crippen MR) is 116 cm³/mol. The maximum absolute atomic E-state index is 13.6. The zero-order valence-corrected chi connectivity index (χ0v) is 15.7. The van der Waals surface area contributed by atoms with Crippen LogP contribution in [0, 0.1) is 0 Å². The van der Waals surface area contributed by atoms with Gasteiger partial charge in [0.2, 0.25) is 5.76 Å². The lowest BCUT2D eigenvalue weighted by atomic mass is 9.97. The van der Waals surface area contributed by atoms with Gasteiger partial charge in [-0.25, -0.2) is 4.79 Å². The van der Waals surface area contributed by atoms with E-state index in [9.17, 15) is 9.59 Å². The van der Waals surface area contributed by atoms with Crippen molar-refractivity contribution >= 4 is 22.4 Å². The highest BCUT2D eigenvalue weighted by atomic mass is 16.4.